The van der Waals surface area contributed by atoms with Crippen LogP contribution >= 0.6 is 0 Å². The third-order valence-corrected chi connectivity index (χ3v) is 1.85. The highest BCUT2D eigenvalue weighted by atomic mass is 19.3. The Hall–Kier alpha value is -1.53. The molecule has 0 aliphatic heterocycles. The van der Waals surface area contributed by atoms with Crippen LogP contribution in [0.3, 0.4) is 0 Å². The SMILES string of the molecule is CCn1ccc(C(F)C(F)(F)C(=O)O)n1. The third kappa shape index (κ3) is 2.11. The van der Waals surface area contributed by atoms with Gasteiger partial charge in [-0.15, -0.1) is 0 Å². The highest BCUT2D eigenvalue weighted by Crippen LogP contribution is 2.33. The first kappa shape index (κ1) is 11.5. The maximum absolute atomic E-state index is 13.1. The van der Waals surface area contributed by atoms with E-state index in [1.807, 2.05) is 0 Å². The molecule has 0 fully saturated rings. The highest BCUT2D eigenvalue weighted by Gasteiger charge is 2.50. The molecular formula is C8H9F3N2O2. The van der Waals surface area contributed by atoms with Crippen LogP contribution in [0.25, 0.3) is 0 Å². The Balaban J connectivity index is 2.93. The predicted molar refractivity (Wildman–Crippen MR) is 44.3 cm³/mol. The van der Waals surface area contributed by atoms with Crippen molar-refractivity contribution >= 4 is 5.97 Å². The second-order valence-electron chi connectivity index (χ2n) is 2.89. The van der Waals surface area contributed by atoms with Crippen LogP contribution in [0.15, 0.2) is 12.3 Å². The van der Waals surface area contributed by atoms with Gasteiger partial charge in [-0.25, -0.2) is 9.18 Å². The number of aromatic nitrogens is 2. The van der Waals surface area contributed by atoms with Gasteiger partial charge >= 0.3 is 11.9 Å². The van der Waals surface area contributed by atoms with Crippen molar-refractivity contribution in [3.05, 3.63) is 18.0 Å². The quantitative estimate of drug-likeness (QED) is 0.842. The van der Waals surface area contributed by atoms with E-state index in [0.717, 1.165) is 6.07 Å². The van der Waals surface area contributed by atoms with E-state index >= 15 is 0 Å². The lowest BCUT2D eigenvalue weighted by Gasteiger charge is -2.13. The van der Waals surface area contributed by atoms with E-state index in [1.165, 1.54) is 10.9 Å². The molecule has 0 saturated carbocycles. The second kappa shape index (κ2) is 3.92. The normalized spacial score (nSPS) is 13.9. The minimum Gasteiger partial charge on any atom is -0.477 e. The fraction of sp³-hybridized carbons (Fsp3) is 0.500. The summed E-state index contributed by atoms with van der Waals surface area (Å²) in [7, 11) is 0. The first-order valence-corrected chi connectivity index (χ1v) is 4.18. The van der Waals surface area contributed by atoms with E-state index in [0.29, 0.717) is 6.54 Å². The second-order valence-corrected chi connectivity index (χ2v) is 2.89. The first-order chi connectivity index (χ1) is 6.89. The summed E-state index contributed by atoms with van der Waals surface area (Å²) in [4.78, 5) is 10.1. The minimum absolute atomic E-state index is 0.394. The molecule has 0 aliphatic rings. The van der Waals surface area contributed by atoms with Crippen LogP contribution in [0.4, 0.5) is 13.2 Å². The van der Waals surface area contributed by atoms with Gasteiger partial charge in [0.25, 0.3) is 0 Å². The lowest BCUT2D eigenvalue weighted by Crippen LogP contribution is -2.33. The van der Waals surface area contributed by atoms with Gasteiger partial charge in [0.2, 0.25) is 6.17 Å². The molecule has 1 N–H and O–H groups in total. The summed E-state index contributed by atoms with van der Waals surface area (Å²) < 4.78 is 39.8. The molecule has 15 heavy (non-hydrogen) atoms. The summed E-state index contributed by atoms with van der Waals surface area (Å²) in [5.41, 5.74) is -0.579. The maximum Gasteiger partial charge on any atom is 0.378 e. The monoisotopic (exact) mass is 222 g/mol. The summed E-state index contributed by atoms with van der Waals surface area (Å²) in [6, 6.07) is 1.03. The molecule has 1 unspecified atom stereocenters. The van der Waals surface area contributed by atoms with Gasteiger partial charge in [0, 0.05) is 12.7 Å². The number of carbonyl (C=O) groups is 1. The molecular weight excluding hydrogens is 213 g/mol. The average Bonchev–Trinajstić information content (AvgIpc) is 2.64. The molecule has 1 heterocycles. The number of hydrogen-bond donors (Lipinski definition) is 1. The molecule has 1 aromatic rings. The van der Waals surface area contributed by atoms with Crippen molar-refractivity contribution in [3.63, 3.8) is 0 Å². The Labute approximate surface area is 83.3 Å². The summed E-state index contributed by atoms with van der Waals surface area (Å²) in [5.74, 6) is -6.95. The van der Waals surface area contributed by atoms with E-state index in [-0.39, 0.29) is 0 Å². The summed E-state index contributed by atoms with van der Waals surface area (Å²) >= 11 is 0. The lowest BCUT2D eigenvalue weighted by molar-refractivity contribution is -0.175. The minimum atomic E-state index is -4.45. The van der Waals surface area contributed by atoms with Gasteiger partial charge < -0.3 is 5.11 Å². The molecule has 4 nitrogen and oxygen atoms in total. The van der Waals surface area contributed by atoms with Crippen LogP contribution in [0.2, 0.25) is 0 Å². The molecule has 0 spiro atoms. The lowest BCUT2D eigenvalue weighted by atomic mass is 10.1. The Morgan fingerprint density at radius 1 is 1.73 bits per heavy atom. The van der Waals surface area contributed by atoms with Crippen molar-refractivity contribution in [3.8, 4) is 0 Å². The molecule has 84 valence electrons. The van der Waals surface area contributed by atoms with Crippen molar-refractivity contribution in [2.24, 2.45) is 0 Å². The Kier molecular flexibility index (Phi) is 3.01. The van der Waals surface area contributed by atoms with E-state index in [2.05, 4.69) is 5.10 Å². The molecule has 7 heteroatoms. The number of carboxylic acids is 1. The number of hydrogen-bond acceptors (Lipinski definition) is 2. The Morgan fingerprint density at radius 3 is 2.73 bits per heavy atom. The molecule has 0 amide bonds. The Bertz CT molecular complexity index is 365. The summed E-state index contributed by atoms with van der Waals surface area (Å²) in [6.45, 7) is 2.09. The van der Waals surface area contributed by atoms with Crippen molar-refractivity contribution in [2.45, 2.75) is 25.6 Å². The number of aryl methyl sites for hydroxylation is 1. The zero-order valence-corrected chi connectivity index (χ0v) is 7.82. The molecule has 1 rings (SSSR count). The number of alkyl halides is 3. The van der Waals surface area contributed by atoms with Crippen molar-refractivity contribution in [1.29, 1.82) is 0 Å². The summed E-state index contributed by atoms with van der Waals surface area (Å²) in [6.07, 6.45) is -1.62. The van der Waals surface area contributed by atoms with Crippen LogP contribution < -0.4 is 0 Å². The van der Waals surface area contributed by atoms with Gasteiger partial charge in [-0.05, 0) is 13.0 Å². The zero-order chi connectivity index (χ0) is 11.6. The van der Waals surface area contributed by atoms with Gasteiger partial charge in [0.1, 0.15) is 5.69 Å². The Morgan fingerprint density at radius 2 is 2.33 bits per heavy atom. The number of halogens is 3. The fourth-order valence-corrected chi connectivity index (χ4v) is 0.983. The number of nitrogens with zero attached hydrogens (tertiary/aromatic N) is 2. The molecule has 0 radical (unpaired) electrons. The van der Waals surface area contributed by atoms with Gasteiger partial charge in [0.05, 0.1) is 0 Å². The first-order valence-electron chi connectivity index (χ1n) is 4.18. The fourth-order valence-electron chi connectivity index (χ4n) is 0.983. The molecule has 1 aromatic heterocycles. The molecule has 0 bridgehead atoms. The third-order valence-electron chi connectivity index (χ3n) is 1.85. The van der Waals surface area contributed by atoms with Gasteiger partial charge in [-0.2, -0.15) is 13.9 Å². The topological polar surface area (TPSA) is 55.1 Å². The number of rotatable bonds is 4. The van der Waals surface area contributed by atoms with Crippen LogP contribution in [-0.2, 0) is 11.3 Å². The van der Waals surface area contributed by atoms with Crippen LogP contribution in [0, 0.1) is 0 Å². The molecule has 0 aromatic carbocycles. The maximum atomic E-state index is 13.1. The van der Waals surface area contributed by atoms with Crippen LogP contribution in [-0.4, -0.2) is 26.8 Å². The highest BCUT2D eigenvalue weighted by molar-refractivity contribution is 5.76. The number of aliphatic carboxylic acids is 1. The number of carboxylic acid groups (broad SMARTS) is 1. The van der Waals surface area contributed by atoms with Crippen LogP contribution in [0.1, 0.15) is 18.8 Å². The largest absolute Gasteiger partial charge is 0.477 e. The smallest absolute Gasteiger partial charge is 0.378 e. The van der Waals surface area contributed by atoms with Gasteiger partial charge in [0.15, 0.2) is 0 Å². The van der Waals surface area contributed by atoms with Crippen molar-refractivity contribution < 1.29 is 23.1 Å². The van der Waals surface area contributed by atoms with Gasteiger partial charge in [-0.1, -0.05) is 0 Å². The average molecular weight is 222 g/mol. The van der Waals surface area contributed by atoms with E-state index in [1.54, 1.807) is 6.92 Å². The zero-order valence-electron chi connectivity index (χ0n) is 7.82. The summed E-state index contributed by atoms with van der Waals surface area (Å²) in [5, 5.41) is 11.6. The van der Waals surface area contributed by atoms with E-state index in [4.69, 9.17) is 5.11 Å². The van der Waals surface area contributed by atoms with E-state index in [9.17, 15) is 18.0 Å². The van der Waals surface area contributed by atoms with Crippen LogP contribution in [0.5, 0.6) is 0 Å². The van der Waals surface area contributed by atoms with Crippen molar-refractivity contribution in [2.75, 3.05) is 0 Å². The molecule has 0 aliphatic carbocycles. The molecule has 0 saturated heterocycles. The standard InChI is InChI=1S/C8H9F3N2O2/c1-2-13-4-3-5(12-13)6(9)8(10,11)7(14)15/h3-4,6H,2H2,1H3,(H,14,15). The molecule has 1 atom stereocenters. The van der Waals surface area contributed by atoms with E-state index < -0.39 is 23.8 Å². The van der Waals surface area contributed by atoms with Crippen molar-refractivity contribution in [1.82, 2.24) is 9.78 Å². The predicted octanol–water partition coefficient (Wildman–Crippen LogP) is 1.63. The van der Waals surface area contributed by atoms with Gasteiger partial charge in [-0.3, -0.25) is 4.68 Å².